The first-order valence-corrected chi connectivity index (χ1v) is 7.68. The van der Waals surface area contributed by atoms with Gasteiger partial charge >= 0.3 is 5.97 Å². The minimum absolute atomic E-state index is 0.120. The van der Waals surface area contributed by atoms with Gasteiger partial charge in [0.05, 0.1) is 10.5 Å². The Balaban J connectivity index is 2.21. The molecule has 0 unspecified atom stereocenters. The molecule has 2 atom stereocenters. The third-order valence-electron chi connectivity index (χ3n) is 4.17. The van der Waals surface area contributed by atoms with Crippen molar-refractivity contribution in [3.05, 3.63) is 33.9 Å². The van der Waals surface area contributed by atoms with Crippen LogP contribution in [0.25, 0.3) is 0 Å². The van der Waals surface area contributed by atoms with Crippen molar-refractivity contribution in [2.24, 2.45) is 5.92 Å². The Morgan fingerprint density at radius 2 is 2.22 bits per heavy atom. The monoisotopic (exact) mass is 316 g/mol. The Kier molecular flexibility index (Phi) is 5.58. The molecule has 1 fully saturated rings. The van der Waals surface area contributed by atoms with Crippen LogP contribution in [0.3, 0.4) is 0 Å². The molecule has 0 aliphatic heterocycles. The Morgan fingerprint density at radius 1 is 1.48 bits per heavy atom. The van der Waals surface area contributed by atoms with Gasteiger partial charge in [0.2, 0.25) is 0 Å². The molecule has 0 spiro atoms. The van der Waals surface area contributed by atoms with Crippen molar-refractivity contribution in [3.63, 3.8) is 0 Å². The van der Waals surface area contributed by atoms with Crippen LogP contribution >= 0.6 is 0 Å². The molecule has 1 N–H and O–H groups in total. The Morgan fingerprint density at radius 3 is 2.87 bits per heavy atom. The van der Waals surface area contributed by atoms with Gasteiger partial charge in [0.15, 0.2) is 6.61 Å². The molecule has 1 aromatic carbocycles. The SMILES string of the molecule is C#CCOC(=O)c1ccc(N[C@@H]2CCCC[C@H]2C)c([N+](=O)[O-])c1. The minimum Gasteiger partial charge on any atom is -0.449 e. The average Bonchev–Trinajstić information content (AvgIpc) is 2.54. The summed E-state index contributed by atoms with van der Waals surface area (Å²) >= 11 is 0. The molecule has 1 aliphatic rings. The number of carbonyl (C=O) groups is 1. The van der Waals surface area contributed by atoms with Gasteiger partial charge < -0.3 is 10.1 Å². The zero-order valence-corrected chi connectivity index (χ0v) is 13.1. The van der Waals surface area contributed by atoms with Crippen molar-refractivity contribution >= 4 is 17.3 Å². The van der Waals surface area contributed by atoms with E-state index in [2.05, 4.69) is 18.2 Å². The fraction of sp³-hybridized carbons (Fsp3) is 0.471. The topological polar surface area (TPSA) is 81.5 Å². The van der Waals surface area contributed by atoms with Gasteiger partial charge in [-0.3, -0.25) is 10.1 Å². The summed E-state index contributed by atoms with van der Waals surface area (Å²) in [5, 5.41) is 14.6. The molecule has 0 bridgehead atoms. The second-order valence-electron chi connectivity index (χ2n) is 5.78. The molecule has 1 aliphatic carbocycles. The fourth-order valence-electron chi connectivity index (χ4n) is 2.85. The van der Waals surface area contributed by atoms with E-state index >= 15 is 0 Å². The molecule has 122 valence electrons. The van der Waals surface area contributed by atoms with Gasteiger partial charge in [0, 0.05) is 12.1 Å². The van der Waals surface area contributed by atoms with Crippen LogP contribution in [0.15, 0.2) is 18.2 Å². The van der Waals surface area contributed by atoms with Crippen LogP contribution in [0.1, 0.15) is 43.0 Å². The van der Waals surface area contributed by atoms with Crippen LogP contribution in [0, 0.1) is 28.4 Å². The quantitative estimate of drug-likeness (QED) is 0.390. The van der Waals surface area contributed by atoms with Gasteiger partial charge in [0.1, 0.15) is 5.69 Å². The number of nitrogens with one attached hydrogen (secondary N) is 1. The number of nitro groups is 1. The highest BCUT2D eigenvalue weighted by Gasteiger charge is 2.25. The van der Waals surface area contributed by atoms with Crippen molar-refractivity contribution in [2.75, 3.05) is 11.9 Å². The second-order valence-corrected chi connectivity index (χ2v) is 5.78. The first kappa shape index (κ1) is 16.8. The highest BCUT2D eigenvalue weighted by molar-refractivity contribution is 5.91. The van der Waals surface area contributed by atoms with Crippen molar-refractivity contribution in [3.8, 4) is 12.3 Å². The van der Waals surface area contributed by atoms with Crippen LogP contribution in [-0.2, 0) is 4.74 Å². The van der Waals surface area contributed by atoms with Crippen molar-refractivity contribution in [1.82, 2.24) is 0 Å². The second kappa shape index (κ2) is 7.63. The number of carbonyl (C=O) groups excluding carboxylic acids is 1. The number of ether oxygens (including phenoxy) is 1. The van der Waals surface area contributed by atoms with Gasteiger partial charge in [-0.1, -0.05) is 25.7 Å². The van der Waals surface area contributed by atoms with Crippen LogP contribution in [0.5, 0.6) is 0 Å². The first-order chi connectivity index (χ1) is 11.0. The van der Waals surface area contributed by atoms with Gasteiger partial charge in [-0.05, 0) is 30.9 Å². The van der Waals surface area contributed by atoms with E-state index in [4.69, 9.17) is 11.2 Å². The smallest absolute Gasteiger partial charge is 0.339 e. The number of nitro benzene ring substituents is 1. The Labute approximate surface area is 135 Å². The summed E-state index contributed by atoms with van der Waals surface area (Å²) in [4.78, 5) is 22.6. The zero-order valence-electron chi connectivity index (χ0n) is 13.1. The van der Waals surface area contributed by atoms with Gasteiger partial charge in [-0.25, -0.2) is 4.79 Å². The number of terminal acetylenes is 1. The summed E-state index contributed by atoms with van der Waals surface area (Å²) in [5.74, 6) is 1.99. The summed E-state index contributed by atoms with van der Waals surface area (Å²) in [6.07, 6.45) is 9.45. The number of anilines is 1. The molecule has 6 nitrogen and oxygen atoms in total. The average molecular weight is 316 g/mol. The van der Waals surface area contributed by atoms with Crippen LogP contribution < -0.4 is 5.32 Å². The lowest BCUT2D eigenvalue weighted by molar-refractivity contribution is -0.384. The highest BCUT2D eigenvalue weighted by atomic mass is 16.6. The van der Waals surface area contributed by atoms with E-state index in [0.29, 0.717) is 11.6 Å². The van der Waals surface area contributed by atoms with E-state index in [1.165, 1.54) is 18.6 Å². The molecule has 2 rings (SSSR count). The van der Waals surface area contributed by atoms with Gasteiger partial charge in [0.25, 0.3) is 5.69 Å². The zero-order chi connectivity index (χ0) is 16.8. The maximum Gasteiger partial charge on any atom is 0.339 e. The number of rotatable bonds is 5. The molecule has 0 saturated heterocycles. The fourth-order valence-corrected chi connectivity index (χ4v) is 2.85. The molecule has 0 aromatic heterocycles. The maximum atomic E-state index is 11.8. The van der Waals surface area contributed by atoms with Crippen LogP contribution in [0.2, 0.25) is 0 Å². The normalized spacial score (nSPS) is 20.3. The molecular formula is C17H20N2O4. The number of hydrogen-bond acceptors (Lipinski definition) is 5. The lowest BCUT2D eigenvalue weighted by atomic mass is 9.86. The predicted molar refractivity (Wildman–Crippen MR) is 87.3 cm³/mol. The number of esters is 1. The van der Waals surface area contributed by atoms with E-state index in [1.807, 2.05) is 0 Å². The lowest BCUT2D eigenvalue weighted by Crippen LogP contribution is -2.30. The molecular weight excluding hydrogens is 296 g/mol. The molecule has 6 heteroatoms. The molecule has 0 amide bonds. The van der Waals surface area contributed by atoms with Crippen LogP contribution in [0.4, 0.5) is 11.4 Å². The van der Waals surface area contributed by atoms with E-state index in [9.17, 15) is 14.9 Å². The first-order valence-electron chi connectivity index (χ1n) is 7.68. The van der Waals surface area contributed by atoms with E-state index in [0.717, 1.165) is 19.3 Å². The molecule has 0 heterocycles. The lowest BCUT2D eigenvalue weighted by Gasteiger charge is -2.30. The molecule has 1 saturated carbocycles. The van der Waals surface area contributed by atoms with Gasteiger partial charge in [-0.2, -0.15) is 0 Å². The third kappa shape index (κ3) is 4.22. The van der Waals surface area contributed by atoms with Crippen LogP contribution in [-0.4, -0.2) is 23.5 Å². The summed E-state index contributed by atoms with van der Waals surface area (Å²) in [6, 6.07) is 4.52. The summed E-state index contributed by atoms with van der Waals surface area (Å²) in [5.41, 5.74) is 0.425. The van der Waals surface area contributed by atoms with Crippen molar-refractivity contribution < 1.29 is 14.5 Å². The predicted octanol–water partition coefficient (Wildman–Crippen LogP) is 3.38. The van der Waals surface area contributed by atoms with Crippen molar-refractivity contribution in [2.45, 2.75) is 38.6 Å². The molecule has 0 radical (unpaired) electrons. The van der Waals surface area contributed by atoms with Crippen molar-refractivity contribution in [1.29, 1.82) is 0 Å². The Hall–Kier alpha value is -2.55. The third-order valence-corrected chi connectivity index (χ3v) is 4.17. The van der Waals surface area contributed by atoms with E-state index in [-0.39, 0.29) is 23.9 Å². The summed E-state index contributed by atoms with van der Waals surface area (Å²) in [7, 11) is 0. The maximum absolute atomic E-state index is 11.8. The van der Waals surface area contributed by atoms with E-state index in [1.54, 1.807) is 6.07 Å². The number of benzene rings is 1. The number of nitrogens with zero attached hydrogens (tertiary/aromatic N) is 1. The minimum atomic E-state index is -0.663. The molecule has 23 heavy (non-hydrogen) atoms. The largest absolute Gasteiger partial charge is 0.449 e. The Bertz CT molecular complexity index is 636. The molecule has 1 aromatic rings. The highest BCUT2D eigenvalue weighted by Crippen LogP contribution is 2.31. The number of hydrogen-bond donors (Lipinski definition) is 1. The summed E-state index contributed by atoms with van der Waals surface area (Å²) in [6.45, 7) is 1.99. The summed E-state index contributed by atoms with van der Waals surface area (Å²) < 4.78 is 4.80. The van der Waals surface area contributed by atoms with Gasteiger partial charge in [-0.15, -0.1) is 6.42 Å². The van der Waals surface area contributed by atoms with E-state index < -0.39 is 10.9 Å². The standard InChI is InChI=1S/C17H20N2O4/c1-3-10-23-17(20)13-8-9-15(16(11-13)19(21)22)18-14-7-5-4-6-12(14)2/h1,8-9,11-12,14,18H,4-7,10H2,2H3/t12-,14-/m1/s1.